The number of hydrogen-bond donors (Lipinski definition) is 2. The number of nitrogens with two attached hydrogens (primary N) is 1. The summed E-state index contributed by atoms with van der Waals surface area (Å²) in [6.07, 6.45) is 1.93. The minimum Gasteiger partial charge on any atom is -0.393 e. The molecule has 1 saturated heterocycles. The molecule has 1 aromatic carbocycles. The smallest absolute Gasteiger partial charge is 0.227 e. The first-order valence-electron chi connectivity index (χ1n) is 7.34. The first kappa shape index (κ1) is 15.0. The van der Waals surface area contributed by atoms with Crippen LogP contribution in [0.5, 0.6) is 0 Å². The van der Waals surface area contributed by atoms with Gasteiger partial charge < -0.3 is 15.7 Å². The number of nitrogens with zero attached hydrogens (tertiary/aromatic N) is 1. The summed E-state index contributed by atoms with van der Waals surface area (Å²) in [7, 11) is 0. The molecule has 0 aromatic heterocycles. The highest BCUT2D eigenvalue weighted by Crippen LogP contribution is 2.21. The molecule has 1 atom stereocenters. The Bertz CT molecular complexity index is 452. The average Bonchev–Trinajstić information content (AvgIpc) is 2.48. The first-order chi connectivity index (χ1) is 9.61. The molecule has 1 aliphatic heterocycles. The minimum absolute atomic E-state index is 0.162. The molecule has 110 valence electrons. The van der Waals surface area contributed by atoms with Gasteiger partial charge >= 0.3 is 0 Å². The monoisotopic (exact) mass is 276 g/mol. The second-order valence-corrected chi connectivity index (χ2v) is 5.61. The molecule has 0 bridgehead atoms. The number of aliphatic hydroxyl groups excluding tert-OH is 1. The molecule has 3 N–H and O–H groups in total. The van der Waals surface area contributed by atoms with Crippen LogP contribution in [0.4, 0.5) is 0 Å². The van der Waals surface area contributed by atoms with Crippen molar-refractivity contribution in [3.8, 4) is 0 Å². The summed E-state index contributed by atoms with van der Waals surface area (Å²) >= 11 is 0. The Labute approximate surface area is 120 Å². The number of hydrogen-bond acceptors (Lipinski definition) is 3. The van der Waals surface area contributed by atoms with Crippen molar-refractivity contribution in [3.63, 3.8) is 0 Å². The minimum atomic E-state index is -0.273. The second kappa shape index (κ2) is 6.86. The highest BCUT2D eigenvalue weighted by atomic mass is 16.3. The number of aliphatic hydroxyl groups is 1. The zero-order chi connectivity index (χ0) is 14.5. The zero-order valence-corrected chi connectivity index (χ0v) is 12.1. The molecule has 0 spiro atoms. The Morgan fingerprint density at radius 1 is 1.35 bits per heavy atom. The number of carbonyl (C=O) groups is 1. The molecule has 2 rings (SSSR count). The van der Waals surface area contributed by atoms with Crippen LogP contribution in [0.3, 0.4) is 0 Å². The largest absolute Gasteiger partial charge is 0.393 e. The van der Waals surface area contributed by atoms with Crippen molar-refractivity contribution >= 4 is 5.91 Å². The molecular formula is C16H24N2O2. The maximum absolute atomic E-state index is 12.3. The molecule has 4 nitrogen and oxygen atoms in total. The zero-order valence-electron chi connectivity index (χ0n) is 12.1. The van der Waals surface area contributed by atoms with Crippen molar-refractivity contribution < 1.29 is 9.90 Å². The van der Waals surface area contributed by atoms with Crippen molar-refractivity contribution in [1.29, 1.82) is 0 Å². The van der Waals surface area contributed by atoms with Crippen molar-refractivity contribution in [3.05, 3.63) is 35.4 Å². The van der Waals surface area contributed by atoms with Gasteiger partial charge in [0.2, 0.25) is 5.91 Å². The van der Waals surface area contributed by atoms with Gasteiger partial charge in [0.15, 0.2) is 0 Å². The summed E-state index contributed by atoms with van der Waals surface area (Å²) in [4.78, 5) is 14.2. The van der Waals surface area contributed by atoms with Crippen molar-refractivity contribution in [2.75, 3.05) is 13.1 Å². The van der Waals surface area contributed by atoms with Crippen molar-refractivity contribution in [2.45, 2.75) is 38.8 Å². The van der Waals surface area contributed by atoms with Crippen LogP contribution in [0.1, 0.15) is 30.9 Å². The lowest BCUT2D eigenvalue weighted by Gasteiger charge is -2.33. The highest BCUT2D eigenvalue weighted by Gasteiger charge is 2.25. The third kappa shape index (κ3) is 3.58. The lowest BCUT2D eigenvalue weighted by Crippen LogP contribution is -2.41. The topological polar surface area (TPSA) is 66.6 Å². The second-order valence-electron chi connectivity index (χ2n) is 5.61. The third-order valence-corrected chi connectivity index (χ3v) is 4.25. The van der Waals surface area contributed by atoms with E-state index in [1.165, 1.54) is 0 Å². The van der Waals surface area contributed by atoms with Crippen LogP contribution in [-0.2, 0) is 17.8 Å². The fraction of sp³-hybridized carbons (Fsp3) is 0.562. The molecule has 1 amide bonds. The van der Waals surface area contributed by atoms with Crippen molar-refractivity contribution in [1.82, 2.24) is 4.90 Å². The third-order valence-electron chi connectivity index (χ3n) is 4.25. The Morgan fingerprint density at radius 3 is 2.50 bits per heavy atom. The molecule has 20 heavy (non-hydrogen) atoms. The quantitative estimate of drug-likeness (QED) is 0.871. The lowest BCUT2D eigenvalue weighted by molar-refractivity contribution is -0.132. The fourth-order valence-corrected chi connectivity index (χ4v) is 2.84. The van der Waals surface area contributed by atoms with Gasteiger partial charge in [-0.15, -0.1) is 0 Å². The number of likely N-dealkylation sites (tertiary alicyclic amines) is 1. The van der Waals surface area contributed by atoms with E-state index in [2.05, 4.69) is 0 Å². The standard InChI is InChI=1S/C16H24N2O2/c1-12(19)13-6-8-18(9-7-13)16(20)10-14-4-2-3-5-15(14)11-17/h2-5,12-13,19H,6-11,17H2,1H3. The number of piperidine rings is 1. The predicted molar refractivity (Wildman–Crippen MR) is 79.0 cm³/mol. The maximum atomic E-state index is 12.3. The Hall–Kier alpha value is -1.39. The molecule has 4 heteroatoms. The normalized spacial score (nSPS) is 18.1. The molecule has 0 saturated carbocycles. The van der Waals surface area contributed by atoms with Crippen LogP contribution in [0.2, 0.25) is 0 Å². The number of benzene rings is 1. The van der Waals surface area contributed by atoms with Crippen LogP contribution in [0.15, 0.2) is 24.3 Å². The van der Waals surface area contributed by atoms with E-state index in [4.69, 9.17) is 5.73 Å². The summed E-state index contributed by atoms with van der Waals surface area (Å²) in [5, 5.41) is 9.59. The first-order valence-corrected chi connectivity index (χ1v) is 7.34. The number of rotatable bonds is 4. The van der Waals surface area contributed by atoms with Gasteiger partial charge in [-0.25, -0.2) is 0 Å². The van der Waals surface area contributed by atoms with Crippen LogP contribution in [-0.4, -0.2) is 35.1 Å². The summed E-state index contributed by atoms with van der Waals surface area (Å²) in [6.45, 7) is 3.80. The van der Waals surface area contributed by atoms with E-state index < -0.39 is 0 Å². The van der Waals surface area contributed by atoms with Crippen LogP contribution >= 0.6 is 0 Å². The number of amides is 1. The predicted octanol–water partition coefficient (Wildman–Crippen LogP) is 1.31. The van der Waals surface area contributed by atoms with Gasteiger partial charge in [0.1, 0.15) is 0 Å². The van der Waals surface area contributed by atoms with E-state index >= 15 is 0 Å². The molecular weight excluding hydrogens is 252 g/mol. The molecule has 1 heterocycles. The summed E-state index contributed by atoms with van der Waals surface area (Å²) in [6, 6.07) is 7.84. The average molecular weight is 276 g/mol. The molecule has 1 aliphatic rings. The van der Waals surface area contributed by atoms with Gasteiger partial charge in [0.25, 0.3) is 0 Å². The van der Waals surface area contributed by atoms with Crippen LogP contribution < -0.4 is 5.73 Å². The molecule has 0 aliphatic carbocycles. The Kier molecular flexibility index (Phi) is 5.15. The van der Waals surface area contributed by atoms with Gasteiger partial charge in [-0.3, -0.25) is 4.79 Å². The van der Waals surface area contributed by atoms with Gasteiger partial charge in [0, 0.05) is 19.6 Å². The van der Waals surface area contributed by atoms with Gasteiger partial charge in [-0.2, -0.15) is 0 Å². The SMILES string of the molecule is CC(O)C1CCN(C(=O)Cc2ccccc2CN)CC1. The molecule has 1 fully saturated rings. The number of carbonyl (C=O) groups excluding carboxylic acids is 1. The summed E-state index contributed by atoms with van der Waals surface area (Å²) in [5.74, 6) is 0.491. The molecule has 0 radical (unpaired) electrons. The van der Waals surface area contributed by atoms with E-state index in [9.17, 15) is 9.90 Å². The Morgan fingerprint density at radius 2 is 1.95 bits per heavy atom. The lowest BCUT2D eigenvalue weighted by atomic mass is 9.92. The van der Waals surface area contributed by atoms with Gasteiger partial charge in [-0.1, -0.05) is 24.3 Å². The maximum Gasteiger partial charge on any atom is 0.227 e. The van der Waals surface area contributed by atoms with E-state index in [0.717, 1.165) is 37.1 Å². The van der Waals surface area contributed by atoms with Gasteiger partial charge in [-0.05, 0) is 36.8 Å². The van der Waals surface area contributed by atoms with E-state index in [1.54, 1.807) is 0 Å². The molecule has 1 aromatic rings. The van der Waals surface area contributed by atoms with Crippen LogP contribution in [0.25, 0.3) is 0 Å². The molecule has 1 unspecified atom stereocenters. The Balaban J connectivity index is 1.93. The highest BCUT2D eigenvalue weighted by molar-refractivity contribution is 5.79. The summed E-state index contributed by atoms with van der Waals surface area (Å²) < 4.78 is 0. The van der Waals surface area contributed by atoms with Gasteiger partial charge in [0.05, 0.1) is 12.5 Å². The van der Waals surface area contributed by atoms with Crippen molar-refractivity contribution in [2.24, 2.45) is 11.7 Å². The van der Waals surface area contributed by atoms with E-state index in [1.807, 2.05) is 36.1 Å². The fourth-order valence-electron chi connectivity index (χ4n) is 2.84. The van der Waals surface area contributed by atoms with E-state index in [-0.39, 0.29) is 12.0 Å². The van der Waals surface area contributed by atoms with E-state index in [0.29, 0.717) is 18.9 Å². The van der Waals surface area contributed by atoms with Crippen LogP contribution in [0, 0.1) is 5.92 Å². The summed E-state index contributed by atoms with van der Waals surface area (Å²) in [5.41, 5.74) is 7.77.